The van der Waals surface area contributed by atoms with Crippen LogP contribution in [-0.2, 0) is 21.7 Å². The molecule has 8 fully saturated rings. The fraction of sp³-hybridized carbons (Fsp3) is 0.259. The topological polar surface area (TPSA) is 6.48 Å². The normalized spacial score (nSPS) is 24.5. The highest BCUT2D eigenvalue weighted by Gasteiger charge is 2.63. The highest BCUT2D eigenvalue weighted by molar-refractivity contribution is 6.11. The smallest absolute Gasteiger partial charge is 0.0546 e. The van der Waals surface area contributed by atoms with Crippen molar-refractivity contribution in [2.24, 2.45) is 47.3 Å². The number of fused-ring (bicyclic) bond motifs is 14. The van der Waals surface area contributed by atoms with Crippen LogP contribution in [0.1, 0.15) is 148 Å². The van der Waals surface area contributed by atoms with Gasteiger partial charge >= 0.3 is 0 Å². The fourth-order valence-electron chi connectivity index (χ4n) is 26.1. The number of anilines is 6. The van der Waals surface area contributed by atoms with Gasteiger partial charge in [-0.25, -0.2) is 0 Å². The summed E-state index contributed by atoms with van der Waals surface area (Å²) >= 11 is 0. The first kappa shape index (κ1) is 65.1. The molecule has 0 unspecified atom stereocenters. The Bertz CT molecular complexity index is 6110. The Morgan fingerprint density at radius 1 is 0.245 bits per heavy atom. The molecule has 14 aromatic carbocycles. The van der Waals surface area contributed by atoms with Crippen LogP contribution in [0.15, 0.2) is 291 Å². The van der Waals surface area contributed by atoms with E-state index < -0.39 is 0 Å². The lowest BCUT2D eigenvalue weighted by atomic mass is 9.43. The molecular formula is C108H94N2. The highest BCUT2D eigenvalue weighted by Crippen LogP contribution is 2.72. The Labute approximate surface area is 649 Å². The molecule has 0 amide bonds. The van der Waals surface area contributed by atoms with Crippen molar-refractivity contribution in [3.05, 3.63) is 347 Å². The molecule has 26 rings (SSSR count). The second-order valence-electron chi connectivity index (χ2n) is 36.4. The summed E-state index contributed by atoms with van der Waals surface area (Å²) in [5.74, 6) is 6.86. The zero-order valence-corrected chi connectivity index (χ0v) is 64.3. The van der Waals surface area contributed by atoms with Crippen LogP contribution >= 0.6 is 0 Å². The molecule has 8 saturated carbocycles. The Balaban J connectivity index is 0.000000132. The Morgan fingerprint density at radius 3 is 1.06 bits per heavy atom. The first-order valence-electron chi connectivity index (χ1n) is 41.5. The molecule has 0 radical (unpaired) electrons. The van der Waals surface area contributed by atoms with Crippen LogP contribution in [0.25, 0.3) is 88.3 Å². The lowest BCUT2D eigenvalue weighted by Gasteiger charge is -2.61. The van der Waals surface area contributed by atoms with Crippen LogP contribution in [0.5, 0.6) is 0 Å². The molecule has 8 bridgehead atoms. The first-order chi connectivity index (χ1) is 53.8. The minimum Gasteiger partial charge on any atom is -0.310 e. The first-order valence-corrected chi connectivity index (χ1v) is 41.5. The standard InChI is InChI=1S/2C54H47N/c1-33-21-24-40(25-22-33)55(50-20-10-18-48-52(50)43-14-5-6-16-45(43)53(48,2)3)49-19-9-12-36-11-8-15-41(51(36)49)37-23-26-47-44(32-37)42-13-4-7-17-46(42)54(47)38-28-34-27-35(30-38)31-39(54)29-34;1-33-18-21-40(22-19-33)55(41-23-25-48-46(32-41)43-12-4-6-15-47(43)53(48,2)3)51-17-9-11-36-10-8-14-42(52(36)51)37-20-24-50-45(31-37)44-13-5-7-16-49(44)54(50)38-27-34-26-35(29-38)30-39(54)28-34/h4-26,32,34-35,38-39H,27-31H2,1-3H3;4-25,31-32,34-35,38-39H,26-30H2,1-3H3. The van der Waals surface area contributed by atoms with Crippen molar-refractivity contribution in [3.8, 4) is 66.8 Å². The van der Waals surface area contributed by atoms with Crippen LogP contribution in [0.3, 0.4) is 0 Å². The molecule has 2 heteroatoms. The minimum atomic E-state index is -0.0832. The molecule has 2 spiro atoms. The summed E-state index contributed by atoms with van der Waals surface area (Å²) in [6.45, 7) is 13.9. The van der Waals surface area contributed by atoms with E-state index in [4.69, 9.17) is 0 Å². The van der Waals surface area contributed by atoms with E-state index in [2.05, 4.69) is 343 Å². The summed E-state index contributed by atoms with van der Waals surface area (Å²) in [7, 11) is 0. The molecule has 12 aliphatic rings. The van der Waals surface area contributed by atoms with Crippen molar-refractivity contribution >= 4 is 55.7 Å². The van der Waals surface area contributed by atoms with Gasteiger partial charge in [0.15, 0.2) is 0 Å². The predicted octanol–water partition coefficient (Wildman–Crippen LogP) is 28.6. The summed E-state index contributed by atoms with van der Waals surface area (Å²) < 4.78 is 0. The van der Waals surface area contributed by atoms with Gasteiger partial charge in [-0.05, 0) is 309 Å². The summed E-state index contributed by atoms with van der Waals surface area (Å²) in [5, 5.41) is 5.11. The van der Waals surface area contributed by atoms with Gasteiger partial charge < -0.3 is 9.80 Å². The highest BCUT2D eigenvalue weighted by atomic mass is 15.2. The quantitative estimate of drug-likeness (QED) is 0.150. The van der Waals surface area contributed by atoms with Gasteiger partial charge in [-0.3, -0.25) is 0 Å². The van der Waals surface area contributed by atoms with Gasteiger partial charge in [-0.1, -0.05) is 263 Å². The monoisotopic (exact) mass is 1420 g/mol. The van der Waals surface area contributed by atoms with Crippen molar-refractivity contribution < 1.29 is 0 Å². The van der Waals surface area contributed by atoms with E-state index in [1.807, 2.05) is 0 Å². The third kappa shape index (κ3) is 9.11. The van der Waals surface area contributed by atoms with E-state index in [9.17, 15) is 0 Å². The van der Waals surface area contributed by atoms with Gasteiger partial charge in [-0.15, -0.1) is 0 Å². The van der Waals surface area contributed by atoms with Gasteiger partial charge in [0.05, 0.1) is 17.1 Å². The minimum absolute atomic E-state index is 0.0345. The number of rotatable bonds is 8. The third-order valence-corrected chi connectivity index (χ3v) is 30.2. The molecule has 0 aliphatic heterocycles. The zero-order chi connectivity index (χ0) is 73.3. The van der Waals surface area contributed by atoms with E-state index in [0.717, 1.165) is 47.3 Å². The maximum absolute atomic E-state index is 2.58. The van der Waals surface area contributed by atoms with Gasteiger partial charge in [0.2, 0.25) is 0 Å². The average molecular weight is 1420 g/mol. The van der Waals surface area contributed by atoms with Crippen LogP contribution in [0.4, 0.5) is 34.1 Å². The lowest BCUT2D eigenvalue weighted by molar-refractivity contribution is -0.0399. The summed E-state index contributed by atoms with van der Waals surface area (Å²) in [5.41, 5.74) is 38.5. The number of hydrogen-bond donors (Lipinski definition) is 0. The predicted molar refractivity (Wildman–Crippen MR) is 459 cm³/mol. The molecule has 0 aromatic heterocycles. The SMILES string of the molecule is Cc1ccc(N(c2ccc3c(c2)-c2ccccc2C3(C)C)c2cccc3cccc(-c4ccc5c(c4)-c4ccccc4C54C5CC6CC(C5)CC4C6)c23)cc1.Cc1ccc(N(c2cccc3c2-c2ccccc2C3(C)C)c2cccc3cccc(-c4ccc5c(c4)-c4ccccc4C54C5CC6CC(C5)CC4C6)c23)cc1. The van der Waals surface area contributed by atoms with Crippen molar-refractivity contribution in [3.63, 3.8) is 0 Å². The van der Waals surface area contributed by atoms with Crippen LogP contribution in [0, 0.1) is 61.2 Å². The molecule has 12 aliphatic carbocycles. The Kier molecular flexibility index (Phi) is 14.1. The van der Waals surface area contributed by atoms with Crippen molar-refractivity contribution in [1.82, 2.24) is 0 Å². The van der Waals surface area contributed by atoms with E-state index >= 15 is 0 Å². The van der Waals surface area contributed by atoms with Crippen LogP contribution in [0.2, 0.25) is 0 Å². The third-order valence-electron chi connectivity index (χ3n) is 30.2. The van der Waals surface area contributed by atoms with Crippen LogP contribution < -0.4 is 9.80 Å². The molecule has 536 valence electrons. The van der Waals surface area contributed by atoms with Gasteiger partial charge in [0.25, 0.3) is 0 Å². The van der Waals surface area contributed by atoms with E-state index in [1.54, 1.807) is 22.3 Å². The van der Waals surface area contributed by atoms with Crippen molar-refractivity contribution in [1.29, 1.82) is 0 Å². The van der Waals surface area contributed by atoms with E-state index in [1.165, 1.54) is 220 Å². The van der Waals surface area contributed by atoms with Crippen molar-refractivity contribution in [2.45, 2.75) is 127 Å². The number of hydrogen-bond acceptors (Lipinski definition) is 2. The maximum atomic E-state index is 2.58. The molecule has 0 heterocycles. The zero-order valence-electron chi connectivity index (χ0n) is 64.3. The largest absolute Gasteiger partial charge is 0.310 e. The molecule has 110 heavy (non-hydrogen) atoms. The second kappa shape index (κ2) is 23.9. The van der Waals surface area contributed by atoms with Crippen LogP contribution in [-0.4, -0.2) is 0 Å². The number of nitrogens with zero attached hydrogens (tertiary/aromatic N) is 2. The molecule has 0 saturated heterocycles. The molecular weight excluding hydrogens is 1330 g/mol. The number of benzene rings is 14. The summed E-state index contributed by atoms with van der Waals surface area (Å²) in [6, 6.07) is 112. The van der Waals surface area contributed by atoms with Gasteiger partial charge in [0.1, 0.15) is 0 Å². The molecule has 0 N–H and O–H groups in total. The summed E-state index contributed by atoms with van der Waals surface area (Å²) in [6.07, 6.45) is 14.3. The second-order valence-corrected chi connectivity index (χ2v) is 36.4. The molecule has 0 atom stereocenters. The maximum Gasteiger partial charge on any atom is 0.0546 e. The van der Waals surface area contributed by atoms with Gasteiger partial charge in [-0.2, -0.15) is 0 Å². The number of aryl methyl sites for hydroxylation is 2. The molecule has 14 aromatic rings. The van der Waals surface area contributed by atoms with E-state index in [-0.39, 0.29) is 21.7 Å². The van der Waals surface area contributed by atoms with Crippen molar-refractivity contribution in [2.75, 3.05) is 9.80 Å². The van der Waals surface area contributed by atoms with E-state index in [0.29, 0.717) is 0 Å². The Hall–Kier alpha value is -10.8. The van der Waals surface area contributed by atoms with Gasteiger partial charge in [0, 0.05) is 55.1 Å². The fourth-order valence-corrected chi connectivity index (χ4v) is 26.1. The summed E-state index contributed by atoms with van der Waals surface area (Å²) in [4.78, 5) is 5.06. The lowest BCUT2D eigenvalue weighted by Crippen LogP contribution is -2.55. The molecule has 2 nitrogen and oxygen atoms in total. The average Bonchev–Trinajstić information content (AvgIpc) is 1.48. The Morgan fingerprint density at radius 2 is 0.573 bits per heavy atom.